The van der Waals surface area contributed by atoms with Crippen molar-refractivity contribution in [2.45, 2.75) is 56.7 Å². The summed E-state index contributed by atoms with van der Waals surface area (Å²) in [6.45, 7) is 0. The first-order chi connectivity index (χ1) is 12.2. The van der Waals surface area contributed by atoms with Gasteiger partial charge in [0.15, 0.2) is 11.5 Å². The van der Waals surface area contributed by atoms with Crippen molar-refractivity contribution >= 4 is 22.9 Å². The molecule has 1 amide bonds. The van der Waals surface area contributed by atoms with Gasteiger partial charge in [0.25, 0.3) is 11.7 Å². The molecule has 2 aromatic rings. The summed E-state index contributed by atoms with van der Waals surface area (Å²) in [6.07, 6.45) is 9.42. The molecule has 1 aliphatic heterocycles. The van der Waals surface area contributed by atoms with Crippen LogP contribution in [0, 0.1) is 0 Å². The Labute approximate surface area is 150 Å². The number of thiazole rings is 1. The van der Waals surface area contributed by atoms with E-state index in [2.05, 4.69) is 10.3 Å². The van der Waals surface area contributed by atoms with Crippen molar-refractivity contribution < 1.29 is 14.3 Å². The molecule has 0 bridgehead atoms. The van der Waals surface area contributed by atoms with Crippen molar-refractivity contribution in [1.29, 1.82) is 0 Å². The smallest absolute Gasteiger partial charge is 0.267 e. The molecule has 2 aliphatic carbocycles. The fraction of sp³-hybridized carbons (Fsp3) is 0.474. The van der Waals surface area contributed by atoms with Crippen LogP contribution in [0.1, 0.15) is 65.5 Å². The third kappa shape index (κ3) is 2.88. The number of rotatable bonds is 3. The molecule has 0 saturated heterocycles. The van der Waals surface area contributed by atoms with Gasteiger partial charge < -0.3 is 14.8 Å². The first-order valence-electron chi connectivity index (χ1n) is 9.00. The van der Waals surface area contributed by atoms with Crippen LogP contribution in [-0.2, 0) is 0 Å². The van der Waals surface area contributed by atoms with E-state index in [1.54, 1.807) is 6.20 Å². The van der Waals surface area contributed by atoms with Crippen molar-refractivity contribution in [2.24, 2.45) is 0 Å². The number of benzene rings is 1. The van der Waals surface area contributed by atoms with Gasteiger partial charge >= 0.3 is 0 Å². The lowest BCUT2D eigenvalue weighted by molar-refractivity contribution is -0.105. The van der Waals surface area contributed by atoms with E-state index in [1.807, 2.05) is 18.2 Å². The van der Waals surface area contributed by atoms with Gasteiger partial charge in [-0.05, 0) is 37.8 Å². The predicted molar refractivity (Wildman–Crippen MR) is 95.6 cm³/mol. The lowest BCUT2D eigenvalue weighted by atomic mass is 9.94. The second kappa shape index (κ2) is 5.73. The first kappa shape index (κ1) is 15.2. The van der Waals surface area contributed by atoms with Gasteiger partial charge in [0.05, 0.1) is 11.2 Å². The molecule has 0 radical (unpaired) electrons. The Morgan fingerprint density at radius 3 is 2.76 bits per heavy atom. The molecule has 6 heteroatoms. The fourth-order valence-electron chi connectivity index (χ4n) is 3.57. The van der Waals surface area contributed by atoms with Crippen molar-refractivity contribution in [3.05, 3.63) is 34.3 Å². The van der Waals surface area contributed by atoms with E-state index in [0.717, 1.165) is 47.9 Å². The molecule has 5 nitrogen and oxygen atoms in total. The largest absolute Gasteiger partial charge is 0.448 e. The Morgan fingerprint density at radius 1 is 1.16 bits per heavy atom. The van der Waals surface area contributed by atoms with E-state index in [-0.39, 0.29) is 5.91 Å². The average molecular weight is 356 g/mol. The minimum absolute atomic E-state index is 0.115. The molecule has 3 aliphatic rings. The lowest BCUT2D eigenvalue weighted by Gasteiger charge is -2.31. The number of amides is 1. The van der Waals surface area contributed by atoms with E-state index in [1.165, 1.54) is 30.6 Å². The van der Waals surface area contributed by atoms with Gasteiger partial charge in [0.1, 0.15) is 4.88 Å². The molecule has 25 heavy (non-hydrogen) atoms. The highest BCUT2D eigenvalue weighted by molar-refractivity contribution is 7.13. The number of hydrogen-bond acceptors (Lipinski definition) is 5. The van der Waals surface area contributed by atoms with Gasteiger partial charge in [0, 0.05) is 30.5 Å². The normalized spacial score (nSPS) is 20.6. The van der Waals surface area contributed by atoms with Crippen molar-refractivity contribution in [3.63, 3.8) is 0 Å². The van der Waals surface area contributed by atoms with Crippen LogP contribution in [0.2, 0.25) is 0 Å². The van der Waals surface area contributed by atoms with Gasteiger partial charge in [-0.1, -0.05) is 6.42 Å². The molecule has 130 valence electrons. The molecule has 2 heterocycles. The standard InChI is InChI=1S/C19H20N2O3S/c22-17(16-11-20-18(25-16)12-4-5-12)21-13-6-7-14-15(10-13)24-19(23-14)8-2-1-3-9-19/h6-7,10-12H,1-5,8-9H2,(H,21,22). The molecule has 2 saturated carbocycles. The number of carbonyl (C=O) groups is 1. The fourth-order valence-corrected chi connectivity index (χ4v) is 4.55. The van der Waals surface area contributed by atoms with E-state index in [0.29, 0.717) is 10.8 Å². The maximum absolute atomic E-state index is 12.5. The maximum Gasteiger partial charge on any atom is 0.267 e. The van der Waals surface area contributed by atoms with Crippen molar-refractivity contribution in [2.75, 3.05) is 5.32 Å². The van der Waals surface area contributed by atoms with Gasteiger partial charge in [-0.15, -0.1) is 11.3 Å². The molecule has 0 atom stereocenters. The summed E-state index contributed by atoms with van der Waals surface area (Å²) in [7, 11) is 0. The first-order valence-corrected chi connectivity index (χ1v) is 9.82. The number of carbonyl (C=O) groups excluding carboxylic acids is 1. The number of ether oxygens (including phenoxy) is 2. The molecule has 1 spiro atoms. The van der Waals surface area contributed by atoms with Crippen LogP contribution in [0.25, 0.3) is 0 Å². The molecule has 2 fully saturated rings. The summed E-state index contributed by atoms with van der Waals surface area (Å²) < 4.78 is 12.2. The molecule has 5 rings (SSSR count). The third-order valence-electron chi connectivity index (χ3n) is 5.08. The van der Waals surface area contributed by atoms with Crippen LogP contribution in [-0.4, -0.2) is 16.7 Å². The Bertz CT molecular complexity index is 822. The number of nitrogens with one attached hydrogen (secondary N) is 1. The molecule has 1 aromatic heterocycles. The second-order valence-corrected chi connectivity index (χ2v) is 8.19. The Balaban J connectivity index is 1.31. The minimum atomic E-state index is -0.486. The average Bonchev–Trinajstić information content (AvgIpc) is 3.24. The zero-order chi connectivity index (χ0) is 16.9. The zero-order valence-electron chi connectivity index (χ0n) is 13.9. The zero-order valence-corrected chi connectivity index (χ0v) is 14.7. The van der Waals surface area contributed by atoms with E-state index >= 15 is 0 Å². The van der Waals surface area contributed by atoms with E-state index < -0.39 is 5.79 Å². The SMILES string of the molecule is O=C(Nc1ccc2c(c1)OC1(CCCCC1)O2)c1cnc(C2CC2)s1. The minimum Gasteiger partial charge on any atom is -0.448 e. The lowest BCUT2D eigenvalue weighted by Crippen LogP contribution is -2.40. The number of aromatic nitrogens is 1. The molecular weight excluding hydrogens is 336 g/mol. The van der Waals surface area contributed by atoms with Crippen LogP contribution in [0.15, 0.2) is 24.4 Å². The molecule has 0 unspecified atom stereocenters. The topological polar surface area (TPSA) is 60.5 Å². The Morgan fingerprint density at radius 2 is 1.96 bits per heavy atom. The van der Waals surface area contributed by atoms with Gasteiger partial charge in [-0.25, -0.2) is 4.98 Å². The van der Waals surface area contributed by atoms with Crippen LogP contribution in [0.4, 0.5) is 5.69 Å². The molecule has 1 aromatic carbocycles. The van der Waals surface area contributed by atoms with Crippen molar-refractivity contribution in [1.82, 2.24) is 4.98 Å². The summed E-state index contributed by atoms with van der Waals surface area (Å²) in [5.41, 5.74) is 0.724. The van der Waals surface area contributed by atoms with Crippen LogP contribution >= 0.6 is 11.3 Å². The van der Waals surface area contributed by atoms with Crippen molar-refractivity contribution in [3.8, 4) is 11.5 Å². The molecular formula is C19H20N2O3S. The summed E-state index contributed by atoms with van der Waals surface area (Å²) in [6, 6.07) is 5.61. The Hall–Kier alpha value is -2.08. The van der Waals surface area contributed by atoms with Gasteiger partial charge in [0.2, 0.25) is 0 Å². The number of hydrogen-bond donors (Lipinski definition) is 1. The second-order valence-electron chi connectivity index (χ2n) is 7.13. The third-order valence-corrected chi connectivity index (χ3v) is 6.24. The Kier molecular flexibility index (Phi) is 3.48. The van der Waals surface area contributed by atoms with Gasteiger partial charge in [-0.3, -0.25) is 4.79 Å². The van der Waals surface area contributed by atoms with Gasteiger partial charge in [-0.2, -0.15) is 0 Å². The number of anilines is 1. The highest BCUT2D eigenvalue weighted by Crippen LogP contribution is 2.46. The quantitative estimate of drug-likeness (QED) is 0.865. The summed E-state index contributed by atoms with van der Waals surface area (Å²) in [4.78, 5) is 17.5. The highest BCUT2D eigenvalue weighted by atomic mass is 32.1. The highest BCUT2D eigenvalue weighted by Gasteiger charge is 2.42. The maximum atomic E-state index is 12.5. The number of nitrogens with zero attached hydrogens (tertiary/aromatic N) is 1. The van der Waals surface area contributed by atoms with Crippen LogP contribution in [0.5, 0.6) is 11.5 Å². The summed E-state index contributed by atoms with van der Waals surface area (Å²) in [5.74, 6) is 1.47. The summed E-state index contributed by atoms with van der Waals surface area (Å²) in [5, 5.41) is 4.03. The number of fused-ring (bicyclic) bond motifs is 1. The van der Waals surface area contributed by atoms with Crippen LogP contribution < -0.4 is 14.8 Å². The van der Waals surface area contributed by atoms with Crippen LogP contribution in [0.3, 0.4) is 0 Å². The van der Waals surface area contributed by atoms with E-state index in [4.69, 9.17) is 9.47 Å². The molecule has 1 N–H and O–H groups in total. The van der Waals surface area contributed by atoms with E-state index in [9.17, 15) is 4.79 Å². The monoisotopic (exact) mass is 356 g/mol. The predicted octanol–water partition coefficient (Wildman–Crippen LogP) is 4.70. The summed E-state index contributed by atoms with van der Waals surface area (Å²) >= 11 is 1.49.